The quantitative estimate of drug-likeness (QED) is 0.889. The summed E-state index contributed by atoms with van der Waals surface area (Å²) in [7, 11) is 0. The number of amides is 1. The summed E-state index contributed by atoms with van der Waals surface area (Å²) in [5, 5.41) is 11.3. The summed E-state index contributed by atoms with van der Waals surface area (Å²) in [5.74, 6) is 0.514. The summed E-state index contributed by atoms with van der Waals surface area (Å²) in [4.78, 5) is 13.0. The van der Waals surface area contributed by atoms with Crippen molar-refractivity contribution in [1.29, 1.82) is 0 Å². The molecule has 0 bridgehead atoms. The molecule has 1 amide bonds. The van der Waals surface area contributed by atoms with Crippen LogP contribution in [0.5, 0.6) is 0 Å². The highest BCUT2D eigenvalue weighted by Gasteiger charge is 2.21. The predicted octanol–water partition coefficient (Wildman–Crippen LogP) is 2.83. The third kappa shape index (κ3) is 4.23. The highest BCUT2D eigenvalue weighted by molar-refractivity contribution is 5.64. The number of nitrogens with one attached hydrogen (secondary N) is 1. The molecule has 1 heterocycles. The molecule has 1 aromatic carbocycles. The minimum atomic E-state index is -0.906. The van der Waals surface area contributed by atoms with Crippen molar-refractivity contribution in [2.75, 3.05) is 19.6 Å². The lowest BCUT2D eigenvalue weighted by molar-refractivity contribution is 0.165. The Morgan fingerprint density at radius 1 is 1.35 bits per heavy atom. The van der Waals surface area contributed by atoms with Gasteiger partial charge in [0.05, 0.1) is 0 Å². The first-order valence-corrected chi connectivity index (χ1v) is 7.33. The van der Waals surface area contributed by atoms with Gasteiger partial charge in [0.25, 0.3) is 0 Å². The van der Waals surface area contributed by atoms with Gasteiger partial charge >= 0.3 is 6.09 Å². The van der Waals surface area contributed by atoms with E-state index >= 15 is 0 Å². The van der Waals surface area contributed by atoms with E-state index in [0.29, 0.717) is 5.92 Å². The van der Waals surface area contributed by atoms with Crippen LogP contribution in [0.1, 0.15) is 36.8 Å². The van der Waals surface area contributed by atoms with Crippen molar-refractivity contribution in [1.82, 2.24) is 10.2 Å². The van der Waals surface area contributed by atoms with Crippen LogP contribution in [-0.2, 0) is 0 Å². The Bertz CT molecular complexity index is 436. The topological polar surface area (TPSA) is 52.6 Å². The number of likely N-dealkylation sites (tertiary alicyclic amines) is 1. The summed E-state index contributed by atoms with van der Waals surface area (Å²) in [5.41, 5.74) is 2.67. The second kappa shape index (κ2) is 6.75. The highest BCUT2D eigenvalue weighted by Crippen LogP contribution is 2.19. The third-order valence-corrected chi connectivity index (χ3v) is 4.09. The molecule has 0 aromatic heterocycles. The van der Waals surface area contributed by atoms with Crippen LogP contribution in [0.15, 0.2) is 24.3 Å². The first kappa shape index (κ1) is 14.9. The molecule has 0 radical (unpaired) electrons. The molecule has 1 aromatic rings. The van der Waals surface area contributed by atoms with Gasteiger partial charge in [0, 0.05) is 25.7 Å². The zero-order chi connectivity index (χ0) is 14.5. The number of aryl methyl sites for hydroxylation is 1. The van der Waals surface area contributed by atoms with E-state index in [4.69, 9.17) is 5.11 Å². The summed E-state index contributed by atoms with van der Waals surface area (Å²) in [6, 6.07) is 8.86. The molecule has 1 fully saturated rings. The molecule has 0 spiro atoms. The van der Waals surface area contributed by atoms with Crippen molar-refractivity contribution in [3.63, 3.8) is 0 Å². The summed E-state index contributed by atoms with van der Waals surface area (Å²) < 4.78 is 0. The van der Waals surface area contributed by atoms with Crippen molar-refractivity contribution in [2.24, 2.45) is 0 Å². The third-order valence-electron chi connectivity index (χ3n) is 4.09. The van der Waals surface area contributed by atoms with Gasteiger partial charge in [-0.15, -0.1) is 0 Å². The first-order chi connectivity index (χ1) is 9.54. The normalized spacial score (nSPS) is 18.7. The van der Waals surface area contributed by atoms with Crippen molar-refractivity contribution >= 4 is 6.09 Å². The molecule has 4 heteroatoms. The lowest BCUT2D eigenvalue weighted by Crippen LogP contribution is -2.45. The van der Waals surface area contributed by atoms with E-state index in [0.717, 1.165) is 32.5 Å². The molecule has 0 saturated carbocycles. The number of piperidine rings is 1. The Kier molecular flexibility index (Phi) is 5.01. The maximum Gasteiger partial charge on any atom is 0.404 e. The fourth-order valence-corrected chi connectivity index (χ4v) is 2.82. The number of rotatable bonds is 4. The maximum atomic E-state index is 10.6. The minimum Gasteiger partial charge on any atom is -0.465 e. The van der Waals surface area contributed by atoms with Gasteiger partial charge in [0.2, 0.25) is 0 Å². The summed E-state index contributed by atoms with van der Waals surface area (Å²) in [6.07, 6.45) is 0.913. The molecular formula is C16H24N2O2. The molecule has 1 aliphatic rings. The van der Waals surface area contributed by atoms with Crippen LogP contribution < -0.4 is 5.32 Å². The first-order valence-electron chi connectivity index (χ1n) is 7.33. The van der Waals surface area contributed by atoms with E-state index in [9.17, 15) is 4.79 Å². The van der Waals surface area contributed by atoms with Crippen LogP contribution in [0.25, 0.3) is 0 Å². The number of carboxylic acid groups (broad SMARTS) is 1. The van der Waals surface area contributed by atoms with E-state index in [2.05, 4.69) is 48.3 Å². The number of hydrogen-bond donors (Lipinski definition) is 2. The lowest BCUT2D eigenvalue weighted by Gasteiger charge is -2.33. The van der Waals surface area contributed by atoms with Gasteiger partial charge in [-0.1, -0.05) is 36.8 Å². The van der Waals surface area contributed by atoms with Crippen molar-refractivity contribution in [2.45, 2.75) is 38.6 Å². The molecule has 1 aliphatic heterocycles. The van der Waals surface area contributed by atoms with E-state index in [1.165, 1.54) is 11.1 Å². The van der Waals surface area contributed by atoms with E-state index < -0.39 is 6.09 Å². The second-order valence-corrected chi connectivity index (χ2v) is 5.84. The van der Waals surface area contributed by atoms with Crippen LogP contribution in [0.2, 0.25) is 0 Å². The van der Waals surface area contributed by atoms with E-state index in [-0.39, 0.29) is 6.04 Å². The molecular weight excluding hydrogens is 252 g/mol. The average Bonchev–Trinajstić information content (AvgIpc) is 2.41. The van der Waals surface area contributed by atoms with Gasteiger partial charge in [0.15, 0.2) is 0 Å². The molecule has 4 nitrogen and oxygen atoms in total. The van der Waals surface area contributed by atoms with Gasteiger partial charge in [-0.3, -0.25) is 0 Å². The zero-order valence-corrected chi connectivity index (χ0v) is 12.3. The maximum absolute atomic E-state index is 10.6. The predicted molar refractivity (Wildman–Crippen MR) is 80.2 cm³/mol. The van der Waals surface area contributed by atoms with Crippen molar-refractivity contribution in [3.05, 3.63) is 35.4 Å². The number of carbonyl (C=O) groups is 1. The Hall–Kier alpha value is -1.55. The van der Waals surface area contributed by atoms with Crippen LogP contribution >= 0.6 is 0 Å². The van der Waals surface area contributed by atoms with Crippen molar-refractivity contribution < 1.29 is 9.90 Å². The van der Waals surface area contributed by atoms with E-state index in [1.807, 2.05) is 0 Å². The monoisotopic (exact) mass is 276 g/mol. The number of hydrogen-bond acceptors (Lipinski definition) is 2. The van der Waals surface area contributed by atoms with Gasteiger partial charge in [-0.25, -0.2) is 4.79 Å². The Morgan fingerprint density at radius 3 is 2.50 bits per heavy atom. The largest absolute Gasteiger partial charge is 0.465 e. The molecule has 1 saturated heterocycles. The van der Waals surface area contributed by atoms with Crippen LogP contribution in [0.4, 0.5) is 4.79 Å². The minimum absolute atomic E-state index is 0.124. The highest BCUT2D eigenvalue weighted by atomic mass is 16.4. The summed E-state index contributed by atoms with van der Waals surface area (Å²) >= 11 is 0. The number of nitrogens with zero attached hydrogens (tertiary/aromatic N) is 1. The van der Waals surface area contributed by atoms with E-state index in [1.54, 1.807) is 0 Å². The lowest BCUT2D eigenvalue weighted by atomic mass is 9.97. The van der Waals surface area contributed by atoms with Crippen molar-refractivity contribution in [3.8, 4) is 0 Å². The van der Waals surface area contributed by atoms with Crippen LogP contribution in [0.3, 0.4) is 0 Å². The Labute approximate surface area is 120 Å². The van der Waals surface area contributed by atoms with Gasteiger partial charge in [0.1, 0.15) is 0 Å². The van der Waals surface area contributed by atoms with Gasteiger partial charge in [-0.2, -0.15) is 0 Å². The smallest absolute Gasteiger partial charge is 0.404 e. The molecule has 0 aliphatic carbocycles. The number of benzene rings is 1. The van der Waals surface area contributed by atoms with Crippen LogP contribution in [0, 0.1) is 6.92 Å². The molecule has 1 atom stereocenters. The Balaban J connectivity index is 1.80. The zero-order valence-electron chi connectivity index (χ0n) is 12.3. The molecule has 2 N–H and O–H groups in total. The average molecular weight is 276 g/mol. The van der Waals surface area contributed by atoms with Crippen LogP contribution in [-0.4, -0.2) is 41.8 Å². The SMILES string of the molecule is Cc1ccc(C(C)CN2CCC(NC(=O)O)CC2)cc1. The fraction of sp³-hybridized carbons (Fsp3) is 0.562. The molecule has 110 valence electrons. The fourth-order valence-electron chi connectivity index (χ4n) is 2.82. The van der Waals surface area contributed by atoms with Gasteiger partial charge in [-0.05, 0) is 31.2 Å². The standard InChI is InChI=1S/C16H24N2O2/c1-12-3-5-14(6-4-12)13(2)11-18-9-7-15(8-10-18)17-16(19)20/h3-6,13,15,17H,7-11H2,1-2H3,(H,19,20). The molecule has 2 rings (SSSR count). The van der Waals surface area contributed by atoms with Gasteiger partial charge < -0.3 is 15.3 Å². The Morgan fingerprint density at radius 2 is 1.95 bits per heavy atom. The molecule has 20 heavy (non-hydrogen) atoms. The second-order valence-electron chi connectivity index (χ2n) is 5.84. The molecule has 1 unspecified atom stereocenters. The summed E-state index contributed by atoms with van der Waals surface area (Å²) in [6.45, 7) is 7.35.